The van der Waals surface area contributed by atoms with Gasteiger partial charge in [-0.05, 0) is 68.0 Å². The van der Waals surface area contributed by atoms with E-state index in [9.17, 15) is 9.59 Å². The van der Waals surface area contributed by atoms with Crippen molar-refractivity contribution in [3.63, 3.8) is 0 Å². The molecule has 1 unspecified atom stereocenters. The first-order chi connectivity index (χ1) is 14.1. The molecular formula is C23H31N3O2S. The second-order valence-electron chi connectivity index (χ2n) is 7.41. The van der Waals surface area contributed by atoms with Gasteiger partial charge in [-0.25, -0.2) is 0 Å². The molecule has 0 fully saturated rings. The Morgan fingerprint density at radius 2 is 1.86 bits per heavy atom. The molecule has 2 heterocycles. The zero-order chi connectivity index (χ0) is 20.8. The van der Waals surface area contributed by atoms with Gasteiger partial charge in [0.15, 0.2) is 0 Å². The fourth-order valence-corrected chi connectivity index (χ4v) is 4.75. The minimum Gasteiger partial charge on any atom is -0.372 e. The van der Waals surface area contributed by atoms with Crippen LogP contribution in [0.1, 0.15) is 54.4 Å². The van der Waals surface area contributed by atoms with Gasteiger partial charge in [0, 0.05) is 42.3 Å². The van der Waals surface area contributed by atoms with Crippen molar-refractivity contribution < 1.29 is 9.59 Å². The van der Waals surface area contributed by atoms with Crippen LogP contribution in [-0.4, -0.2) is 42.4 Å². The summed E-state index contributed by atoms with van der Waals surface area (Å²) in [6, 6.07) is 9.26. The summed E-state index contributed by atoms with van der Waals surface area (Å²) >= 11 is 1.76. The van der Waals surface area contributed by atoms with E-state index in [4.69, 9.17) is 0 Å². The molecule has 1 atom stereocenters. The number of nitrogens with one attached hydrogen (secondary N) is 1. The first-order valence-corrected chi connectivity index (χ1v) is 11.4. The van der Waals surface area contributed by atoms with Crippen molar-refractivity contribution in [2.45, 2.75) is 52.6 Å². The van der Waals surface area contributed by atoms with Crippen LogP contribution in [0.4, 0.5) is 5.69 Å². The number of benzene rings is 1. The quantitative estimate of drug-likeness (QED) is 0.710. The van der Waals surface area contributed by atoms with E-state index in [1.54, 1.807) is 11.3 Å². The van der Waals surface area contributed by atoms with Gasteiger partial charge in [0.2, 0.25) is 5.91 Å². The lowest BCUT2D eigenvalue weighted by Gasteiger charge is -2.31. The number of rotatable bonds is 8. The molecule has 0 saturated carbocycles. The van der Waals surface area contributed by atoms with Gasteiger partial charge in [-0.3, -0.25) is 9.59 Å². The van der Waals surface area contributed by atoms with E-state index in [2.05, 4.69) is 35.5 Å². The Bertz CT molecular complexity index is 827. The number of hydrogen-bond acceptors (Lipinski definition) is 4. The Morgan fingerprint density at radius 3 is 2.52 bits per heavy atom. The van der Waals surface area contributed by atoms with Crippen molar-refractivity contribution in [2.24, 2.45) is 0 Å². The maximum absolute atomic E-state index is 13.1. The van der Waals surface area contributed by atoms with E-state index in [0.29, 0.717) is 18.5 Å². The van der Waals surface area contributed by atoms with Gasteiger partial charge in [0.1, 0.15) is 6.04 Å². The summed E-state index contributed by atoms with van der Waals surface area (Å²) in [4.78, 5) is 31.4. The predicted octanol–water partition coefficient (Wildman–Crippen LogP) is 4.08. The molecule has 2 amide bonds. The third-order valence-electron chi connectivity index (χ3n) is 5.56. The van der Waals surface area contributed by atoms with Gasteiger partial charge >= 0.3 is 0 Å². The summed E-state index contributed by atoms with van der Waals surface area (Å²) < 4.78 is 0. The summed E-state index contributed by atoms with van der Waals surface area (Å²) in [6.45, 7) is 9.49. The fraction of sp³-hybridized carbons (Fsp3) is 0.478. The van der Waals surface area contributed by atoms with E-state index in [1.807, 2.05) is 36.1 Å². The van der Waals surface area contributed by atoms with Crippen molar-refractivity contribution in [3.8, 4) is 0 Å². The number of fused-ring (bicyclic) bond motifs is 1. The number of anilines is 1. The number of nitrogens with zero attached hydrogens (tertiary/aromatic N) is 2. The summed E-state index contributed by atoms with van der Waals surface area (Å²) in [7, 11) is 0. The summed E-state index contributed by atoms with van der Waals surface area (Å²) in [6.07, 6.45) is 2.39. The number of thiophene rings is 1. The molecule has 0 spiro atoms. The molecule has 0 saturated heterocycles. The molecule has 5 nitrogen and oxygen atoms in total. The molecule has 1 aromatic heterocycles. The third-order valence-corrected chi connectivity index (χ3v) is 6.58. The van der Waals surface area contributed by atoms with E-state index >= 15 is 0 Å². The normalized spacial score (nSPS) is 14.2. The van der Waals surface area contributed by atoms with Gasteiger partial charge in [-0.1, -0.05) is 13.3 Å². The second kappa shape index (κ2) is 9.92. The van der Waals surface area contributed by atoms with E-state index < -0.39 is 6.04 Å². The summed E-state index contributed by atoms with van der Waals surface area (Å²) in [5.41, 5.74) is 2.93. The smallest absolute Gasteiger partial charge is 0.251 e. The molecule has 0 aliphatic carbocycles. The molecule has 2 aromatic rings. The van der Waals surface area contributed by atoms with Crippen LogP contribution in [0.2, 0.25) is 0 Å². The van der Waals surface area contributed by atoms with Gasteiger partial charge in [0.05, 0.1) is 0 Å². The highest BCUT2D eigenvalue weighted by Crippen LogP contribution is 2.24. The standard InChI is InChI=1S/C23H31N3O2S/c1-4-7-20(23(28)26-14-12-21-18(16-26)13-15-29-21)24-22(27)17-8-10-19(11-9-17)25(5-2)6-3/h8-11,13,15,20H,4-7,12,14,16H2,1-3H3,(H,24,27). The third kappa shape index (κ3) is 4.99. The monoisotopic (exact) mass is 413 g/mol. The first-order valence-electron chi connectivity index (χ1n) is 10.6. The predicted molar refractivity (Wildman–Crippen MR) is 120 cm³/mol. The lowest BCUT2D eigenvalue weighted by molar-refractivity contribution is -0.134. The van der Waals surface area contributed by atoms with Crippen molar-refractivity contribution in [3.05, 3.63) is 51.7 Å². The Balaban J connectivity index is 1.66. The summed E-state index contributed by atoms with van der Waals surface area (Å²) in [5.74, 6) is -0.159. The van der Waals surface area contributed by atoms with Crippen molar-refractivity contribution in [2.75, 3.05) is 24.5 Å². The molecule has 1 aliphatic rings. The number of carbonyl (C=O) groups excluding carboxylic acids is 2. The molecular weight excluding hydrogens is 382 g/mol. The molecule has 1 aliphatic heterocycles. The maximum Gasteiger partial charge on any atom is 0.251 e. The van der Waals surface area contributed by atoms with Crippen molar-refractivity contribution in [1.82, 2.24) is 10.2 Å². The number of amides is 2. The molecule has 156 valence electrons. The van der Waals surface area contributed by atoms with Crippen LogP contribution in [0, 0.1) is 0 Å². The Morgan fingerprint density at radius 1 is 1.14 bits per heavy atom. The second-order valence-corrected chi connectivity index (χ2v) is 8.41. The van der Waals surface area contributed by atoms with Crippen LogP contribution in [-0.2, 0) is 17.8 Å². The average molecular weight is 414 g/mol. The van der Waals surface area contributed by atoms with Crippen LogP contribution in [0.25, 0.3) is 0 Å². The zero-order valence-corrected chi connectivity index (χ0v) is 18.4. The molecule has 0 bridgehead atoms. The van der Waals surface area contributed by atoms with Gasteiger partial charge < -0.3 is 15.1 Å². The topological polar surface area (TPSA) is 52.7 Å². The van der Waals surface area contributed by atoms with Gasteiger partial charge in [-0.2, -0.15) is 0 Å². The minimum atomic E-state index is -0.477. The van der Waals surface area contributed by atoms with Crippen LogP contribution < -0.4 is 10.2 Å². The highest BCUT2D eigenvalue weighted by molar-refractivity contribution is 7.10. The van der Waals surface area contributed by atoms with Gasteiger partial charge in [0.25, 0.3) is 5.91 Å². The first kappa shape index (κ1) is 21.4. The largest absolute Gasteiger partial charge is 0.372 e. The van der Waals surface area contributed by atoms with Crippen LogP contribution >= 0.6 is 11.3 Å². The Hall–Kier alpha value is -2.34. The van der Waals surface area contributed by atoms with Crippen LogP contribution in [0.15, 0.2) is 35.7 Å². The Labute approximate surface area is 177 Å². The molecule has 3 rings (SSSR count). The fourth-order valence-electron chi connectivity index (χ4n) is 3.86. The SMILES string of the molecule is CCCC(NC(=O)c1ccc(N(CC)CC)cc1)C(=O)N1CCc2sccc2C1. The molecule has 29 heavy (non-hydrogen) atoms. The van der Waals surface area contributed by atoms with E-state index in [0.717, 1.165) is 38.2 Å². The number of carbonyl (C=O) groups is 2. The minimum absolute atomic E-state index is 0.0248. The Kier molecular flexibility index (Phi) is 7.31. The highest BCUT2D eigenvalue weighted by atomic mass is 32.1. The van der Waals surface area contributed by atoms with E-state index in [1.165, 1.54) is 10.4 Å². The van der Waals surface area contributed by atoms with Crippen molar-refractivity contribution in [1.29, 1.82) is 0 Å². The van der Waals surface area contributed by atoms with Crippen molar-refractivity contribution >= 4 is 28.8 Å². The molecule has 1 N–H and O–H groups in total. The molecule has 1 aromatic carbocycles. The van der Waals surface area contributed by atoms with Crippen LogP contribution in [0.5, 0.6) is 0 Å². The summed E-state index contributed by atoms with van der Waals surface area (Å²) in [5, 5.41) is 5.07. The maximum atomic E-state index is 13.1. The van der Waals surface area contributed by atoms with E-state index in [-0.39, 0.29) is 11.8 Å². The lowest BCUT2D eigenvalue weighted by atomic mass is 10.1. The van der Waals surface area contributed by atoms with Crippen LogP contribution in [0.3, 0.4) is 0 Å². The molecule has 0 radical (unpaired) electrons. The van der Waals surface area contributed by atoms with Gasteiger partial charge in [-0.15, -0.1) is 11.3 Å². The average Bonchev–Trinajstić information content (AvgIpc) is 3.22. The lowest BCUT2D eigenvalue weighted by Crippen LogP contribution is -2.49. The number of hydrogen-bond donors (Lipinski definition) is 1. The molecule has 6 heteroatoms. The highest BCUT2D eigenvalue weighted by Gasteiger charge is 2.28. The zero-order valence-electron chi connectivity index (χ0n) is 17.6.